The minimum atomic E-state index is -0.398. The molecule has 10 aromatic carbocycles. The summed E-state index contributed by atoms with van der Waals surface area (Å²) in [7, 11) is 0. The third-order valence-corrected chi connectivity index (χ3v) is 10.4. The first-order valence-electron chi connectivity index (χ1n) is 22.9. The van der Waals surface area contributed by atoms with Crippen molar-refractivity contribution in [3.8, 4) is 55.6 Å². The van der Waals surface area contributed by atoms with Crippen molar-refractivity contribution < 1.29 is 11.0 Å². The molecule has 0 saturated carbocycles. The van der Waals surface area contributed by atoms with Crippen LogP contribution in [0.4, 0.5) is 17.1 Å². The number of hydrogen-bond donors (Lipinski definition) is 0. The van der Waals surface area contributed by atoms with Crippen molar-refractivity contribution in [2.45, 2.75) is 0 Å². The molecule has 0 saturated heterocycles. The van der Waals surface area contributed by atoms with E-state index < -0.39 is 24.2 Å². The van der Waals surface area contributed by atoms with Crippen LogP contribution in [0.1, 0.15) is 11.0 Å². The van der Waals surface area contributed by atoms with E-state index in [2.05, 4.69) is 18.2 Å². The van der Waals surface area contributed by atoms with Gasteiger partial charge >= 0.3 is 0 Å². The fourth-order valence-corrected chi connectivity index (χ4v) is 7.60. The third kappa shape index (κ3) is 6.66. The molecule has 0 spiro atoms. The van der Waals surface area contributed by atoms with Crippen LogP contribution in [0.3, 0.4) is 0 Å². The molecule has 57 heavy (non-hydrogen) atoms. The average Bonchev–Trinajstić information content (AvgIpc) is 3.35. The first-order valence-corrected chi connectivity index (χ1v) is 18.9. The molecule has 1 nitrogen and oxygen atoms in total. The second-order valence-corrected chi connectivity index (χ2v) is 13.9. The number of nitrogens with zero attached hydrogens (tertiary/aromatic N) is 1. The maximum atomic E-state index is 9.73. The standard InChI is InChI=1S/C56H39N/c1-3-12-40(13-4-1)42-26-33-49(34-27-42)57(50-35-28-43(29-36-50)41-22-24-47(25-23-41)53-21-11-18-44-16-7-9-19-52(44)53)51-37-30-48(31-38-51)56-54-20-10-8-17-46(54)32-39-55(56)45-14-5-2-6-15-45/h1-39H/i28D,29D,30D,31D,35D,36D,37D,38D. The number of fused-ring (bicyclic) bond motifs is 2. The lowest BCUT2D eigenvalue weighted by Gasteiger charge is -2.26. The van der Waals surface area contributed by atoms with Gasteiger partial charge in [0.05, 0.1) is 11.0 Å². The van der Waals surface area contributed by atoms with Gasteiger partial charge in [-0.2, -0.15) is 0 Å². The maximum absolute atomic E-state index is 9.73. The van der Waals surface area contributed by atoms with Gasteiger partial charge in [0.15, 0.2) is 0 Å². The summed E-state index contributed by atoms with van der Waals surface area (Å²) in [4.78, 5) is 1.36. The fourth-order valence-electron chi connectivity index (χ4n) is 7.60. The highest BCUT2D eigenvalue weighted by atomic mass is 15.1. The van der Waals surface area contributed by atoms with Crippen molar-refractivity contribution in [3.05, 3.63) is 236 Å². The van der Waals surface area contributed by atoms with Crippen molar-refractivity contribution in [1.82, 2.24) is 0 Å². The molecule has 0 aliphatic rings. The van der Waals surface area contributed by atoms with Gasteiger partial charge in [-0.3, -0.25) is 0 Å². The van der Waals surface area contributed by atoms with E-state index in [1.54, 1.807) is 24.3 Å². The first kappa shape index (κ1) is 26.3. The summed E-state index contributed by atoms with van der Waals surface area (Å²) in [5.74, 6) is 0. The monoisotopic (exact) mass is 733 g/mol. The van der Waals surface area contributed by atoms with E-state index in [1.165, 1.54) is 4.90 Å². The molecular formula is C56H39N. The summed E-state index contributed by atoms with van der Waals surface area (Å²) in [6, 6.07) is 57.0. The first-order chi connectivity index (χ1) is 31.6. The van der Waals surface area contributed by atoms with Crippen LogP contribution in [0.15, 0.2) is 236 Å². The van der Waals surface area contributed by atoms with Crippen molar-refractivity contribution in [2.75, 3.05) is 4.90 Å². The van der Waals surface area contributed by atoms with Crippen molar-refractivity contribution >= 4 is 38.6 Å². The van der Waals surface area contributed by atoms with E-state index in [-0.39, 0.29) is 46.7 Å². The van der Waals surface area contributed by atoms with Gasteiger partial charge in [0.25, 0.3) is 0 Å². The molecule has 0 atom stereocenters. The van der Waals surface area contributed by atoms with Crippen LogP contribution < -0.4 is 4.90 Å². The van der Waals surface area contributed by atoms with E-state index >= 15 is 0 Å². The molecule has 0 aliphatic heterocycles. The lowest BCUT2D eigenvalue weighted by Crippen LogP contribution is -2.09. The molecule has 0 aromatic heterocycles. The summed E-state index contributed by atoms with van der Waals surface area (Å²) in [6.07, 6.45) is 0. The lowest BCUT2D eigenvalue weighted by molar-refractivity contribution is 1.28. The molecule has 0 unspecified atom stereocenters. The Bertz CT molecular complexity index is 3380. The predicted molar refractivity (Wildman–Crippen MR) is 243 cm³/mol. The highest BCUT2D eigenvalue weighted by molar-refractivity contribution is 6.04. The lowest BCUT2D eigenvalue weighted by atomic mass is 9.89. The SMILES string of the molecule is [2H]c1c([2H])c(N(c2ccc(-c3ccccc3)cc2)c2c([2H])c([2H])c(-c3c(-c4ccccc4)ccc4ccccc34)c([2H])c2[2H])c([2H])c([2H])c1-c1ccc(-c2cccc3ccccc23)cc1. The third-order valence-electron chi connectivity index (χ3n) is 10.4. The summed E-state index contributed by atoms with van der Waals surface area (Å²) in [5.41, 5.74) is 6.57. The highest BCUT2D eigenvalue weighted by Gasteiger charge is 2.16. The van der Waals surface area contributed by atoms with E-state index in [0.29, 0.717) is 16.8 Å². The zero-order valence-corrected chi connectivity index (χ0v) is 30.8. The normalized spacial score (nSPS) is 13.1. The molecule has 0 N–H and O–H groups in total. The molecule has 0 radical (unpaired) electrons. The van der Waals surface area contributed by atoms with Crippen LogP contribution >= 0.6 is 0 Å². The largest absolute Gasteiger partial charge is 0.311 e. The average molecular weight is 734 g/mol. The Hall–Kier alpha value is -7.48. The van der Waals surface area contributed by atoms with E-state index in [0.717, 1.165) is 54.9 Å². The summed E-state index contributed by atoms with van der Waals surface area (Å²) in [5, 5.41) is 3.82. The van der Waals surface area contributed by atoms with Gasteiger partial charge in [-0.1, -0.05) is 200 Å². The van der Waals surface area contributed by atoms with Gasteiger partial charge in [-0.15, -0.1) is 0 Å². The Balaban J connectivity index is 1.17. The molecule has 0 aliphatic carbocycles. The molecule has 268 valence electrons. The van der Waals surface area contributed by atoms with Gasteiger partial charge in [-0.25, -0.2) is 0 Å². The van der Waals surface area contributed by atoms with Gasteiger partial charge < -0.3 is 4.90 Å². The number of anilines is 3. The van der Waals surface area contributed by atoms with Crippen LogP contribution in [-0.4, -0.2) is 0 Å². The highest BCUT2D eigenvalue weighted by Crippen LogP contribution is 2.42. The summed E-state index contributed by atoms with van der Waals surface area (Å²) >= 11 is 0. The van der Waals surface area contributed by atoms with Gasteiger partial charge in [0, 0.05) is 17.1 Å². The number of hydrogen-bond acceptors (Lipinski definition) is 1. The molecule has 0 amide bonds. The smallest absolute Gasteiger partial charge is 0.0645 e. The molecule has 1 heteroatoms. The van der Waals surface area contributed by atoms with Crippen LogP contribution in [0.2, 0.25) is 0 Å². The van der Waals surface area contributed by atoms with Gasteiger partial charge in [0.2, 0.25) is 0 Å². The Morgan fingerprint density at radius 1 is 0.263 bits per heavy atom. The van der Waals surface area contributed by atoms with E-state index in [1.807, 2.05) is 146 Å². The second kappa shape index (κ2) is 15.0. The number of rotatable bonds is 8. The van der Waals surface area contributed by atoms with Crippen LogP contribution in [0.5, 0.6) is 0 Å². The van der Waals surface area contributed by atoms with Crippen LogP contribution in [0, 0.1) is 0 Å². The van der Waals surface area contributed by atoms with E-state index in [4.69, 9.17) is 0 Å². The van der Waals surface area contributed by atoms with Crippen molar-refractivity contribution in [3.63, 3.8) is 0 Å². The number of benzene rings is 10. The van der Waals surface area contributed by atoms with Crippen molar-refractivity contribution in [2.24, 2.45) is 0 Å². The zero-order valence-electron chi connectivity index (χ0n) is 38.8. The molecule has 10 rings (SSSR count). The Labute approximate surface area is 345 Å². The molecule has 0 bridgehead atoms. The zero-order chi connectivity index (χ0) is 44.9. The molecule has 10 aromatic rings. The predicted octanol–water partition coefficient (Wildman–Crippen LogP) is 15.8. The van der Waals surface area contributed by atoms with Crippen LogP contribution in [0.25, 0.3) is 77.2 Å². The Kier molecular flexibility index (Phi) is 6.92. The van der Waals surface area contributed by atoms with Gasteiger partial charge in [-0.05, 0) is 113 Å². The molecular weight excluding hydrogens is 687 g/mol. The van der Waals surface area contributed by atoms with E-state index in [9.17, 15) is 11.0 Å². The Morgan fingerprint density at radius 2 is 0.719 bits per heavy atom. The molecule has 0 heterocycles. The topological polar surface area (TPSA) is 3.24 Å². The van der Waals surface area contributed by atoms with Crippen molar-refractivity contribution in [1.29, 1.82) is 0 Å². The van der Waals surface area contributed by atoms with Crippen LogP contribution in [-0.2, 0) is 0 Å². The summed E-state index contributed by atoms with van der Waals surface area (Å²) < 4.78 is 76.9. The molecule has 0 fully saturated rings. The minimum absolute atomic E-state index is 0.104. The van der Waals surface area contributed by atoms with Gasteiger partial charge in [0.1, 0.15) is 0 Å². The fraction of sp³-hybridized carbons (Fsp3) is 0. The maximum Gasteiger partial charge on any atom is 0.0645 e. The Morgan fingerprint density at radius 3 is 1.39 bits per heavy atom. The minimum Gasteiger partial charge on any atom is -0.311 e. The quantitative estimate of drug-likeness (QED) is 0.150. The second-order valence-electron chi connectivity index (χ2n) is 13.9. The summed E-state index contributed by atoms with van der Waals surface area (Å²) in [6.45, 7) is 0.